The van der Waals surface area contributed by atoms with Gasteiger partial charge in [0, 0.05) is 24.2 Å². The first-order valence-corrected chi connectivity index (χ1v) is 6.30. The molecule has 0 heterocycles. The molecule has 0 aromatic heterocycles. The van der Waals surface area contributed by atoms with E-state index in [0.717, 1.165) is 11.6 Å². The number of hydrogen-bond acceptors (Lipinski definition) is 1. The zero-order chi connectivity index (χ0) is 13.8. The molecule has 3 heteroatoms. The first kappa shape index (κ1) is 13.7. The van der Waals surface area contributed by atoms with Gasteiger partial charge in [-0.25, -0.2) is 8.78 Å². The van der Waals surface area contributed by atoms with E-state index >= 15 is 0 Å². The van der Waals surface area contributed by atoms with Crippen molar-refractivity contribution in [1.82, 2.24) is 5.32 Å². The molecule has 0 amide bonds. The van der Waals surface area contributed by atoms with Crippen LogP contribution in [0.1, 0.15) is 29.7 Å². The number of halogens is 2. The molecule has 0 aliphatic carbocycles. The van der Waals surface area contributed by atoms with Gasteiger partial charge in [-0.15, -0.1) is 0 Å². The van der Waals surface area contributed by atoms with Crippen molar-refractivity contribution in [2.45, 2.75) is 26.4 Å². The Hall–Kier alpha value is -1.74. The first-order valence-electron chi connectivity index (χ1n) is 6.30. The molecule has 0 radical (unpaired) electrons. The Morgan fingerprint density at radius 3 is 2.58 bits per heavy atom. The summed E-state index contributed by atoms with van der Waals surface area (Å²) >= 11 is 0. The van der Waals surface area contributed by atoms with Crippen LogP contribution in [0.5, 0.6) is 0 Å². The molecular weight excluding hydrogens is 244 g/mol. The molecule has 0 fully saturated rings. The average Bonchev–Trinajstić information content (AvgIpc) is 2.37. The first-order chi connectivity index (χ1) is 9.06. The van der Waals surface area contributed by atoms with Crippen molar-refractivity contribution in [3.05, 3.63) is 70.8 Å². The molecule has 0 saturated heterocycles. The summed E-state index contributed by atoms with van der Waals surface area (Å²) in [6.45, 7) is 4.44. The summed E-state index contributed by atoms with van der Waals surface area (Å²) in [6, 6.07) is 11.9. The largest absolute Gasteiger partial charge is 0.306 e. The Morgan fingerprint density at radius 1 is 1.11 bits per heavy atom. The topological polar surface area (TPSA) is 12.0 Å². The van der Waals surface area contributed by atoms with Crippen LogP contribution in [0, 0.1) is 18.6 Å². The van der Waals surface area contributed by atoms with Gasteiger partial charge in [0.25, 0.3) is 0 Å². The summed E-state index contributed by atoms with van der Waals surface area (Å²) in [5.74, 6) is -1.06. The monoisotopic (exact) mass is 261 g/mol. The Kier molecular flexibility index (Phi) is 4.27. The number of nitrogens with one attached hydrogen (secondary N) is 1. The molecule has 1 atom stereocenters. The van der Waals surface area contributed by atoms with E-state index in [4.69, 9.17) is 0 Å². The number of rotatable bonds is 4. The van der Waals surface area contributed by atoms with E-state index < -0.39 is 11.6 Å². The molecule has 1 nitrogen and oxygen atoms in total. The summed E-state index contributed by atoms with van der Waals surface area (Å²) in [4.78, 5) is 0. The van der Waals surface area contributed by atoms with E-state index in [-0.39, 0.29) is 6.04 Å². The van der Waals surface area contributed by atoms with Crippen LogP contribution >= 0.6 is 0 Å². The highest BCUT2D eigenvalue weighted by Gasteiger charge is 2.08. The van der Waals surface area contributed by atoms with Gasteiger partial charge in [-0.2, -0.15) is 0 Å². The predicted octanol–water partition coefficient (Wildman–Crippen LogP) is 4.12. The third-order valence-electron chi connectivity index (χ3n) is 3.16. The molecule has 0 bridgehead atoms. The van der Waals surface area contributed by atoms with E-state index in [2.05, 4.69) is 11.4 Å². The quantitative estimate of drug-likeness (QED) is 0.872. The second kappa shape index (κ2) is 5.93. The molecule has 0 spiro atoms. The minimum atomic E-state index is -0.548. The van der Waals surface area contributed by atoms with Crippen molar-refractivity contribution in [2.75, 3.05) is 0 Å². The van der Waals surface area contributed by atoms with Crippen molar-refractivity contribution in [2.24, 2.45) is 0 Å². The maximum absolute atomic E-state index is 13.5. The van der Waals surface area contributed by atoms with Gasteiger partial charge in [0.1, 0.15) is 11.6 Å². The van der Waals surface area contributed by atoms with Gasteiger partial charge in [0.15, 0.2) is 0 Å². The maximum atomic E-state index is 13.5. The normalized spacial score (nSPS) is 12.4. The number of benzene rings is 2. The van der Waals surface area contributed by atoms with Gasteiger partial charge in [0.05, 0.1) is 0 Å². The van der Waals surface area contributed by atoms with Gasteiger partial charge in [0.2, 0.25) is 0 Å². The van der Waals surface area contributed by atoms with E-state index in [1.54, 1.807) is 0 Å². The summed E-state index contributed by atoms with van der Waals surface area (Å²) in [7, 11) is 0. The lowest BCUT2D eigenvalue weighted by atomic mass is 10.1. The molecule has 0 unspecified atom stereocenters. The fourth-order valence-corrected chi connectivity index (χ4v) is 1.99. The average molecular weight is 261 g/mol. The third-order valence-corrected chi connectivity index (χ3v) is 3.16. The molecule has 100 valence electrons. The van der Waals surface area contributed by atoms with Crippen LogP contribution < -0.4 is 5.32 Å². The Bertz CT molecular complexity index is 566. The van der Waals surface area contributed by atoms with Crippen LogP contribution in [0.15, 0.2) is 42.5 Å². The van der Waals surface area contributed by atoms with Crippen molar-refractivity contribution in [3.8, 4) is 0 Å². The van der Waals surface area contributed by atoms with Gasteiger partial charge in [-0.05, 0) is 25.5 Å². The van der Waals surface area contributed by atoms with Crippen molar-refractivity contribution >= 4 is 0 Å². The lowest BCUT2D eigenvalue weighted by molar-refractivity contribution is 0.533. The smallest absolute Gasteiger partial charge is 0.130 e. The highest BCUT2D eigenvalue weighted by Crippen LogP contribution is 2.15. The summed E-state index contributed by atoms with van der Waals surface area (Å²) in [5.41, 5.74) is 2.82. The molecule has 0 aliphatic rings. The molecule has 1 N–H and O–H groups in total. The fourth-order valence-electron chi connectivity index (χ4n) is 1.99. The van der Waals surface area contributed by atoms with Crippen LogP contribution in [0.2, 0.25) is 0 Å². The highest BCUT2D eigenvalue weighted by molar-refractivity contribution is 5.25. The predicted molar refractivity (Wildman–Crippen MR) is 72.8 cm³/mol. The Morgan fingerprint density at radius 2 is 1.89 bits per heavy atom. The summed E-state index contributed by atoms with van der Waals surface area (Å²) < 4.78 is 26.3. The standard InChI is InChI=1S/C16H17F2N/c1-11-4-3-5-13(8-11)12(2)19-10-14-6-7-15(17)9-16(14)18/h3-9,12,19H,10H2,1-2H3/t12-/m1/s1. The van der Waals surface area contributed by atoms with Crippen LogP contribution in [0.4, 0.5) is 8.78 Å². The molecule has 19 heavy (non-hydrogen) atoms. The summed E-state index contributed by atoms with van der Waals surface area (Å²) in [6.07, 6.45) is 0. The minimum absolute atomic E-state index is 0.115. The SMILES string of the molecule is Cc1cccc([C@@H](C)NCc2ccc(F)cc2F)c1. The van der Waals surface area contributed by atoms with Gasteiger partial charge in [-0.3, -0.25) is 0 Å². The highest BCUT2D eigenvalue weighted by atomic mass is 19.1. The van der Waals surface area contributed by atoms with Gasteiger partial charge in [-0.1, -0.05) is 35.9 Å². The molecule has 2 rings (SSSR count). The summed E-state index contributed by atoms with van der Waals surface area (Å²) in [5, 5.41) is 3.24. The maximum Gasteiger partial charge on any atom is 0.130 e. The Labute approximate surface area is 112 Å². The van der Waals surface area contributed by atoms with Crippen LogP contribution in [0.3, 0.4) is 0 Å². The number of hydrogen-bond donors (Lipinski definition) is 1. The van der Waals surface area contributed by atoms with Gasteiger partial charge >= 0.3 is 0 Å². The minimum Gasteiger partial charge on any atom is -0.306 e. The van der Waals surface area contributed by atoms with Crippen LogP contribution in [-0.4, -0.2) is 0 Å². The molecule has 2 aromatic rings. The third kappa shape index (κ3) is 3.61. The zero-order valence-corrected chi connectivity index (χ0v) is 11.1. The molecule has 2 aromatic carbocycles. The van der Waals surface area contributed by atoms with E-state index in [1.165, 1.54) is 17.7 Å². The van der Waals surface area contributed by atoms with Crippen LogP contribution in [0.25, 0.3) is 0 Å². The second-order valence-electron chi connectivity index (χ2n) is 4.75. The fraction of sp³-hybridized carbons (Fsp3) is 0.250. The van der Waals surface area contributed by atoms with E-state index in [1.807, 2.05) is 32.0 Å². The van der Waals surface area contributed by atoms with Crippen molar-refractivity contribution in [3.63, 3.8) is 0 Å². The van der Waals surface area contributed by atoms with E-state index in [0.29, 0.717) is 12.1 Å². The van der Waals surface area contributed by atoms with Crippen molar-refractivity contribution < 1.29 is 8.78 Å². The second-order valence-corrected chi connectivity index (χ2v) is 4.75. The molecular formula is C16H17F2N. The van der Waals surface area contributed by atoms with Gasteiger partial charge < -0.3 is 5.32 Å². The molecule has 0 saturated carbocycles. The lowest BCUT2D eigenvalue weighted by Gasteiger charge is -2.15. The zero-order valence-electron chi connectivity index (χ0n) is 11.1. The van der Waals surface area contributed by atoms with Crippen molar-refractivity contribution in [1.29, 1.82) is 0 Å². The molecule has 0 aliphatic heterocycles. The van der Waals surface area contributed by atoms with E-state index in [9.17, 15) is 8.78 Å². The lowest BCUT2D eigenvalue weighted by Crippen LogP contribution is -2.18. The Balaban J connectivity index is 2.02. The van der Waals surface area contributed by atoms with Crippen LogP contribution in [-0.2, 0) is 6.54 Å². The number of aryl methyl sites for hydroxylation is 1.